The first-order valence-corrected chi connectivity index (χ1v) is 7.10. The topological polar surface area (TPSA) is 42.2 Å². The van der Waals surface area contributed by atoms with Crippen LogP contribution in [0, 0.1) is 5.82 Å². The Morgan fingerprint density at radius 2 is 1.90 bits per heavy atom. The Labute approximate surface area is 125 Å². The second-order valence-corrected chi connectivity index (χ2v) is 5.65. The van der Waals surface area contributed by atoms with E-state index >= 15 is 0 Å². The minimum Gasteiger partial charge on any atom is -0.329 e. The van der Waals surface area contributed by atoms with Gasteiger partial charge in [0.1, 0.15) is 5.82 Å². The number of benzene rings is 1. The van der Waals surface area contributed by atoms with E-state index < -0.39 is 0 Å². The molecule has 1 aromatic heterocycles. The third-order valence-electron chi connectivity index (χ3n) is 4.02. The molecule has 2 N–H and O–H groups in total. The van der Waals surface area contributed by atoms with Crippen molar-refractivity contribution < 1.29 is 4.39 Å². The summed E-state index contributed by atoms with van der Waals surface area (Å²) in [5.74, 6) is -0.177. The molecule has 1 atom stereocenters. The van der Waals surface area contributed by atoms with Crippen LogP contribution in [-0.2, 0) is 13.0 Å². The van der Waals surface area contributed by atoms with E-state index in [0.29, 0.717) is 25.1 Å². The number of pyridine rings is 1. The zero-order valence-corrected chi connectivity index (χ0v) is 12.6. The number of hydrogen-bond donors (Lipinski definition) is 1. The lowest BCUT2D eigenvalue weighted by Gasteiger charge is -2.38. The predicted molar refractivity (Wildman–Crippen MR) is 83.3 cm³/mol. The van der Waals surface area contributed by atoms with Gasteiger partial charge in [0.25, 0.3) is 0 Å². The van der Waals surface area contributed by atoms with Crippen molar-refractivity contribution in [2.75, 3.05) is 13.6 Å². The number of halogens is 1. The van der Waals surface area contributed by atoms with Crippen molar-refractivity contribution in [2.45, 2.75) is 25.4 Å². The minimum atomic E-state index is -0.320. The molecule has 3 nitrogen and oxygen atoms in total. The zero-order valence-electron chi connectivity index (χ0n) is 12.6. The minimum absolute atomic E-state index is 0.177. The fraction of sp³-hybridized carbons (Fsp3) is 0.353. The maximum Gasteiger partial charge on any atom is 0.126 e. The summed E-state index contributed by atoms with van der Waals surface area (Å²) in [6.07, 6.45) is 2.35. The normalized spacial score (nSPS) is 14.1. The van der Waals surface area contributed by atoms with Gasteiger partial charge in [0.05, 0.1) is 5.69 Å². The SMILES string of the molecule is CN(Cc1ccccn1)C(C)(CN)Cc1ccccc1F. The smallest absolute Gasteiger partial charge is 0.126 e. The molecule has 1 unspecified atom stereocenters. The number of aromatic nitrogens is 1. The lowest BCUT2D eigenvalue weighted by Crippen LogP contribution is -2.51. The third-order valence-corrected chi connectivity index (χ3v) is 4.02. The van der Waals surface area contributed by atoms with Crippen LogP contribution in [0.4, 0.5) is 4.39 Å². The van der Waals surface area contributed by atoms with Crippen molar-refractivity contribution in [3.05, 3.63) is 65.7 Å². The maximum atomic E-state index is 13.9. The van der Waals surface area contributed by atoms with Crippen LogP contribution in [-0.4, -0.2) is 29.0 Å². The molecule has 0 spiro atoms. The van der Waals surface area contributed by atoms with Crippen molar-refractivity contribution in [2.24, 2.45) is 5.73 Å². The number of likely N-dealkylation sites (N-methyl/N-ethyl adjacent to an activating group) is 1. The third kappa shape index (κ3) is 3.86. The van der Waals surface area contributed by atoms with Crippen molar-refractivity contribution in [1.29, 1.82) is 0 Å². The largest absolute Gasteiger partial charge is 0.329 e. The Balaban J connectivity index is 2.14. The summed E-state index contributed by atoms with van der Waals surface area (Å²) < 4.78 is 13.9. The fourth-order valence-corrected chi connectivity index (χ4v) is 2.34. The maximum absolute atomic E-state index is 13.9. The molecule has 0 fully saturated rings. The number of hydrogen-bond acceptors (Lipinski definition) is 3. The summed E-state index contributed by atoms with van der Waals surface area (Å²) in [5.41, 5.74) is 7.33. The predicted octanol–water partition coefficient (Wildman–Crippen LogP) is 2.61. The van der Waals surface area contributed by atoms with E-state index in [1.165, 1.54) is 6.07 Å². The molecule has 0 aliphatic rings. The van der Waals surface area contributed by atoms with Crippen molar-refractivity contribution >= 4 is 0 Å². The van der Waals surface area contributed by atoms with Gasteiger partial charge in [-0.25, -0.2) is 4.39 Å². The van der Waals surface area contributed by atoms with Crippen molar-refractivity contribution in [1.82, 2.24) is 9.88 Å². The molecule has 2 rings (SSSR count). The summed E-state index contributed by atoms with van der Waals surface area (Å²) in [7, 11) is 2.00. The number of nitrogens with zero attached hydrogens (tertiary/aromatic N) is 2. The molecule has 0 aliphatic heterocycles. The van der Waals surface area contributed by atoms with Crippen molar-refractivity contribution in [3.8, 4) is 0 Å². The van der Waals surface area contributed by atoms with E-state index in [1.807, 2.05) is 37.4 Å². The highest BCUT2D eigenvalue weighted by Crippen LogP contribution is 2.22. The van der Waals surface area contributed by atoms with Crippen LogP contribution >= 0.6 is 0 Å². The molecule has 0 saturated carbocycles. The lowest BCUT2D eigenvalue weighted by atomic mass is 9.90. The Hall–Kier alpha value is -1.78. The first-order valence-electron chi connectivity index (χ1n) is 7.10. The summed E-state index contributed by atoms with van der Waals surface area (Å²) >= 11 is 0. The molecule has 21 heavy (non-hydrogen) atoms. The average molecular weight is 287 g/mol. The summed E-state index contributed by atoms with van der Waals surface area (Å²) in [6.45, 7) is 3.19. The zero-order chi connectivity index (χ0) is 15.3. The Kier molecular flexibility index (Phi) is 5.04. The van der Waals surface area contributed by atoms with Crippen LogP contribution in [0.15, 0.2) is 48.7 Å². The Morgan fingerprint density at radius 3 is 2.52 bits per heavy atom. The van der Waals surface area contributed by atoms with E-state index in [4.69, 9.17) is 5.73 Å². The first kappa shape index (κ1) is 15.6. The van der Waals surface area contributed by atoms with E-state index in [1.54, 1.807) is 12.3 Å². The molecular weight excluding hydrogens is 265 g/mol. The molecule has 0 aliphatic carbocycles. The molecule has 0 radical (unpaired) electrons. The molecule has 0 saturated heterocycles. The highest BCUT2D eigenvalue weighted by molar-refractivity contribution is 5.20. The molecule has 2 aromatic rings. The van der Waals surface area contributed by atoms with Gasteiger partial charge in [-0.15, -0.1) is 0 Å². The van der Waals surface area contributed by atoms with Gasteiger partial charge in [-0.3, -0.25) is 9.88 Å². The van der Waals surface area contributed by atoms with E-state index in [2.05, 4.69) is 16.8 Å². The van der Waals surface area contributed by atoms with Crippen molar-refractivity contribution in [3.63, 3.8) is 0 Å². The molecule has 0 amide bonds. The first-order chi connectivity index (χ1) is 10.0. The molecular formula is C17H22FN3. The van der Waals surface area contributed by atoms with E-state index in [0.717, 1.165) is 5.69 Å². The molecule has 112 valence electrons. The van der Waals surface area contributed by atoms with Crippen LogP contribution in [0.5, 0.6) is 0 Å². The Bertz CT molecular complexity index is 573. The molecule has 1 aromatic carbocycles. The van der Waals surface area contributed by atoms with Crippen LogP contribution < -0.4 is 5.73 Å². The number of nitrogens with two attached hydrogens (primary N) is 1. The summed E-state index contributed by atoms with van der Waals surface area (Å²) in [4.78, 5) is 6.48. The monoisotopic (exact) mass is 287 g/mol. The van der Waals surface area contributed by atoms with Gasteiger partial charge in [-0.1, -0.05) is 24.3 Å². The number of rotatable bonds is 6. The van der Waals surface area contributed by atoms with Gasteiger partial charge in [0, 0.05) is 24.8 Å². The highest BCUT2D eigenvalue weighted by Gasteiger charge is 2.29. The van der Waals surface area contributed by atoms with Gasteiger partial charge in [-0.05, 0) is 44.2 Å². The fourth-order valence-electron chi connectivity index (χ4n) is 2.34. The van der Waals surface area contributed by atoms with Gasteiger partial charge >= 0.3 is 0 Å². The molecule has 1 heterocycles. The summed E-state index contributed by atoms with van der Waals surface area (Å²) in [5, 5.41) is 0. The Morgan fingerprint density at radius 1 is 1.19 bits per heavy atom. The van der Waals surface area contributed by atoms with Gasteiger partial charge in [0.2, 0.25) is 0 Å². The standard InChI is InChI=1S/C17H22FN3/c1-17(13-19,11-14-7-3-4-9-16(14)18)21(2)12-15-8-5-6-10-20-15/h3-10H,11-13,19H2,1-2H3. The second kappa shape index (κ2) is 6.78. The second-order valence-electron chi connectivity index (χ2n) is 5.65. The van der Waals surface area contributed by atoms with E-state index in [9.17, 15) is 4.39 Å². The van der Waals surface area contributed by atoms with Crippen LogP contribution in [0.2, 0.25) is 0 Å². The molecule has 4 heteroatoms. The molecule has 0 bridgehead atoms. The summed E-state index contributed by atoms with van der Waals surface area (Å²) in [6, 6.07) is 12.7. The average Bonchev–Trinajstić information content (AvgIpc) is 2.50. The van der Waals surface area contributed by atoms with Gasteiger partial charge < -0.3 is 5.73 Å². The quantitative estimate of drug-likeness (QED) is 0.888. The van der Waals surface area contributed by atoms with Gasteiger partial charge in [0.15, 0.2) is 0 Å². The highest BCUT2D eigenvalue weighted by atomic mass is 19.1. The van der Waals surface area contributed by atoms with Crippen LogP contribution in [0.3, 0.4) is 0 Å². The van der Waals surface area contributed by atoms with Gasteiger partial charge in [-0.2, -0.15) is 0 Å². The van der Waals surface area contributed by atoms with Crippen LogP contribution in [0.25, 0.3) is 0 Å². The van der Waals surface area contributed by atoms with Crippen LogP contribution in [0.1, 0.15) is 18.2 Å². The lowest BCUT2D eigenvalue weighted by molar-refractivity contribution is 0.133. The van der Waals surface area contributed by atoms with E-state index in [-0.39, 0.29) is 11.4 Å².